The van der Waals surface area contributed by atoms with Gasteiger partial charge in [0.05, 0.1) is 10.4 Å². The van der Waals surface area contributed by atoms with Gasteiger partial charge in [-0.2, -0.15) is 0 Å². The third-order valence-electron chi connectivity index (χ3n) is 4.62. The number of piperazine rings is 1. The first-order chi connectivity index (χ1) is 9.45. The topological polar surface area (TPSA) is 49.6 Å². The second-order valence-electron chi connectivity index (χ2n) is 6.64. The van der Waals surface area contributed by atoms with Crippen LogP contribution < -0.4 is 5.73 Å². The van der Waals surface area contributed by atoms with Crippen LogP contribution in [0.2, 0.25) is 0 Å². The second-order valence-corrected chi connectivity index (χ2v) is 7.08. The maximum atomic E-state index is 12.8. The van der Waals surface area contributed by atoms with E-state index in [0.717, 1.165) is 58.4 Å². The monoisotopic (exact) mass is 297 g/mol. The summed E-state index contributed by atoms with van der Waals surface area (Å²) in [5.74, 6) is 0.863. The third-order valence-corrected chi connectivity index (χ3v) is 5.01. The first kappa shape index (κ1) is 15.7. The van der Waals surface area contributed by atoms with Gasteiger partial charge in [-0.3, -0.25) is 9.69 Å². The van der Waals surface area contributed by atoms with E-state index in [1.807, 2.05) is 4.90 Å². The van der Waals surface area contributed by atoms with Crippen molar-refractivity contribution in [1.82, 2.24) is 9.80 Å². The molecule has 20 heavy (non-hydrogen) atoms. The molecule has 5 heteroatoms. The van der Waals surface area contributed by atoms with Gasteiger partial charge in [0, 0.05) is 32.7 Å². The zero-order chi connectivity index (χ0) is 14.8. The van der Waals surface area contributed by atoms with Gasteiger partial charge in [0.25, 0.3) is 0 Å². The van der Waals surface area contributed by atoms with E-state index >= 15 is 0 Å². The van der Waals surface area contributed by atoms with Crippen LogP contribution in [0.1, 0.15) is 39.5 Å². The molecule has 114 valence electrons. The number of thiocarbonyl (C=S) groups is 1. The van der Waals surface area contributed by atoms with Crippen LogP contribution in [0.5, 0.6) is 0 Å². The lowest BCUT2D eigenvalue weighted by Gasteiger charge is -2.39. The Labute approximate surface area is 127 Å². The highest BCUT2D eigenvalue weighted by Gasteiger charge is 2.46. The summed E-state index contributed by atoms with van der Waals surface area (Å²) in [5.41, 5.74) is 5.37. The zero-order valence-electron chi connectivity index (χ0n) is 12.7. The standard InChI is InChI=1S/C15H27N3OS/c1-12(2)11-17-7-9-18(10-8-17)14(19)15(13(16)20)5-3-4-6-15/h12H,3-11H2,1-2H3,(H2,16,20). The molecule has 0 radical (unpaired) electrons. The maximum absolute atomic E-state index is 12.8. The fraction of sp³-hybridized carbons (Fsp3) is 0.867. The van der Waals surface area contributed by atoms with Gasteiger partial charge in [-0.15, -0.1) is 0 Å². The molecule has 1 aliphatic heterocycles. The molecule has 2 rings (SSSR count). The van der Waals surface area contributed by atoms with Gasteiger partial charge >= 0.3 is 0 Å². The Morgan fingerprint density at radius 2 is 1.75 bits per heavy atom. The predicted molar refractivity (Wildman–Crippen MR) is 85.5 cm³/mol. The van der Waals surface area contributed by atoms with Crippen molar-refractivity contribution in [2.24, 2.45) is 17.1 Å². The highest BCUT2D eigenvalue weighted by molar-refractivity contribution is 7.80. The Morgan fingerprint density at radius 1 is 1.20 bits per heavy atom. The minimum atomic E-state index is -0.532. The smallest absolute Gasteiger partial charge is 0.235 e. The molecule has 1 saturated carbocycles. The van der Waals surface area contributed by atoms with E-state index in [4.69, 9.17) is 18.0 Å². The highest BCUT2D eigenvalue weighted by Crippen LogP contribution is 2.40. The van der Waals surface area contributed by atoms with E-state index in [2.05, 4.69) is 18.7 Å². The molecule has 2 aliphatic rings. The summed E-state index contributed by atoms with van der Waals surface area (Å²) in [4.78, 5) is 17.7. The molecule has 0 spiro atoms. The molecule has 0 atom stereocenters. The molecular weight excluding hydrogens is 270 g/mol. The van der Waals surface area contributed by atoms with Crippen LogP contribution in [-0.4, -0.2) is 53.4 Å². The van der Waals surface area contributed by atoms with Crippen LogP contribution in [0.25, 0.3) is 0 Å². The van der Waals surface area contributed by atoms with Gasteiger partial charge < -0.3 is 10.6 Å². The molecule has 1 heterocycles. The number of nitrogens with two attached hydrogens (primary N) is 1. The quantitative estimate of drug-likeness (QED) is 0.801. The summed E-state index contributed by atoms with van der Waals surface area (Å²) in [5, 5.41) is 0. The van der Waals surface area contributed by atoms with Crippen molar-refractivity contribution in [3.05, 3.63) is 0 Å². The van der Waals surface area contributed by atoms with Gasteiger partial charge in [0.1, 0.15) is 0 Å². The molecular formula is C15H27N3OS. The Balaban J connectivity index is 1.96. The number of carbonyl (C=O) groups is 1. The summed E-state index contributed by atoms with van der Waals surface area (Å²) < 4.78 is 0. The van der Waals surface area contributed by atoms with Crippen LogP contribution in [-0.2, 0) is 4.79 Å². The lowest BCUT2D eigenvalue weighted by Crippen LogP contribution is -2.55. The fourth-order valence-corrected chi connectivity index (χ4v) is 3.79. The highest BCUT2D eigenvalue weighted by atomic mass is 32.1. The van der Waals surface area contributed by atoms with Gasteiger partial charge in [-0.1, -0.05) is 38.9 Å². The lowest BCUT2D eigenvalue weighted by atomic mass is 9.84. The van der Waals surface area contributed by atoms with Crippen LogP contribution in [0.3, 0.4) is 0 Å². The van der Waals surface area contributed by atoms with Crippen LogP contribution in [0.15, 0.2) is 0 Å². The van der Waals surface area contributed by atoms with Crippen molar-refractivity contribution in [3.63, 3.8) is 0 Å². The number of carbonyl (C=O) groups excluding carboxylic acids is 1. The first-order valence-electron chi connectivity index (χ1n) is 7.77. The largest absolute Gasteiger partial charge is 0.392 e. The molecule has 4 nitrogen and oxygen atoms in total. The Bertz CT molecular complexity index is 369. The third kappa shape index (κ3) is 3.14. The van der Waals surface area contributed by atoms with Gasteiger partial charge in [-0.05, 0) is 18.8 Å². The van der Waals surface area contributed by atoms with Gasteiger partial charge in [0.15, 0.2) is 0 Å². The molecule has 1 saturated heterocycles. The average Bonchev–Trinajstić information content (AvgIpc) is 2.88. The zero-order valence-corrected chi connectivity index (χ0v) is 13.5. The SMILES string of the molecule is CC(C)CN1CCN(C(=O)C2(C(N)=S)CCCC2)CC1. The van der Waals surface area contributed by atoms with Crippen molar-refractivity contribution >= 4 is 23.1 Å². The van der Waals surface area contributed by atoms with Crippen molar-refractivity contribution in [2.45, 2.75) is 39.5 Å². The van der Waals surface area contributed by atoms with Crippen molar-refractivity contribution < 1.29 is 4.79 Å². The first-order valence-corrected chi connectivity index (χ1v) is 8.18. The number of rotatable bonds is 4. The molecule has 0 bridgehead atoms. The van der Waals surface area contributed by atoms with Crippen molar-refractivity contribution in [2.75, 3.05) is 32.7 Å². The lowest BCUT2D eigenvalue weighted by molar-refractivity contribution is -0.140. The molecule has 0 unspecified atom stereocenters. The molecule has 2 fully saturated rings. The van der Waals surface area contributed by atoms with Crippen molar-refractivity contribution in [3.8, 4) is 0 Å². The van der Waals surface area contributed by atoms with Crippen LogP contribution in [0.4, 0.5) is 0 Å². The van der Waals surface area contributed by atoms with Gasteiger partial charge in [0.2, 0.25) is 5.91 Å². The minimum Gasteiger partial charge on any atom is -0.392 e. The molecule has 0 aromatic carbocycles. The van der Waals surface area contributed by atoms with E-state index in [1.54, 1.807) is 0 Å². The molecule has 2 N–H and O–H groups in total. The minimum absolute atomic E-state index is 0.187. The van der Waals surface area contributed by atoms with E-state index in [1.165, 1.54) is 0 Å². The van der Waals surface area contributed by atoms with E-state index in [-0.39, 0.29) is 5.91 Å². The Kier molecular flexibility index (Phi) is 5.02. The van der Waals surface area contributed by atoms with E-state index in [9.17, 15) is 4.79 Å². The number of hydrogen-bond acceptors (Lipinski definition) is 3. The number of amides is 1. The fourth-order valence-electron chi connectivity index (χ4n) is 3.50. The average molecular weight is 297 g/mol. The maximum Gasteiger partial charge on any atom is 0.235 e. The van der Waals surface area contributed by atoms with Crippen LogP contribution >= 0.6 is 12.2 Å². The summed E-state index contributed by atoms with van der Waals surface area (Å²) in [6.07, 6.45) is 3.81. The second kappa shape index (κ2) is 6.39. The van der Waals surface area contributed by atoms with E-state index < -0.39 is 5.41 Å². The molecule has 1 amide bonds. The summed E-state index contributed by atoms with van der Waals surface area (Å²) >= 11 is 5.21. The summed E-state index contributed by atoms with van der Waals surface area (Å²) in [6, 6.07) is 0. The normalized spacial score (nSPS) is 23.2. The summed E-state index contributed by atoms with van der Waals surface area (Å²) in [6.45, 7) is 9.15. The molecule has 0 aromatic heterocycles. The predicted octanol–water partition coefficient (Wildman–Crippen LogP) is 1.63. The molecule has 1 aliphatic carbocycles. The summed E-state index contributed by atoms with van der Waals surface area (Å²) in [7, 11) is 0. The Hall–Kier alpha value is -0.680. The van der Waals surface area contributed by atoms with Gasteiger partial charge in [-0.25, -0.2) is 0 Å². The van der Waals surface area contributed by atoms with Crippen LogP contribution in [0, 0.1) is 11.3 Å². The Morgan fingerprint density at radius 3 is 2.20 bits per heavy atom. The molecule has 0 aromatic rings. The number of nitrogens with zero attached hydrogens (tertiary/aromatic N) is 2. The number of hydrogen-bond donors (Lipinski definition) is 1. The van der Waals surface area contributed by atoms with Crippen molar-refractivity contribution in [1.29, 1.82) is 0 Å². The van der Waals surface area contributed by atoms with E-state index in [0.29, 0.717) is 10.9 Å².